The molecule has 45 heavy (non-hydrogen) atoms. The molecule has 0 bridgehead atoms. The molecular formula is C33H39N3O9. The number of nitrogens with zero attached hydrogens (tertiary/aromatic N) is 3. The van der Waals surface area contributed by atoms with E-state index in [0.29, 0.717) is 56.7 Å². The standard InChI is InChI=1S/C33H39N3O9/c37-31(38)25-7-1-4-10-28(25)43-22-19-34-13-15-35(20-23-44-29-11-5-2-8-26(29)32(39)40)17-18-36(16-14-34)21-24-45-30-12-6-3-9-27(30)33(41)42/h1-12H,13-24H2,(H,37,38)(H,39,40)(H,41,42). The van der Waals surface area contributed by atoms with Crippen molar-refractivity contribution in [1.82, 2.24) is 14.7 Å². The topological polar surface area (TPSA) is 149 Å². The van der Waals surface area contributed by atoms with Gasteiger partial charge in [-0.25, -0.2) is 14.4 Å². The molecule has 0 spiro atoms. The van der Waals surface area contributed by atoms with Crippen LogP contribution in [0.3, 0.4) is 0 Å². The van der Waals surface area contributed by atoms with Gasteiger partial charge in [-0.3, -0.25) is 14.7 Å². The molecule has 3 aromatic carbocycles. The van der Waals surface area contributed by atoms with E-state index >= 15 is 0 Å². The number of carboxylic acid groups (broad SMARTS) is 3. The predicted molar refractivity (Wildman–Crippen MR) is 166 cm³/mol. The van der Waals surface area contributed by atoms with Crippen molar-refractivity contribution in [2.75, 3.05) is 78.7 Å². The van der Waals surface area contributed by atoms with Crippen LogP contribution in [0.25, 0.3) is 0 Å². The molecule has 1 aliphatic rings. The molecule has 0 unspecified atom stereocenters. The lowest BCUT2D eigenvalue weighted by atomic mass is 10.2. The summed E-state index contributed by atoms with van der Waals surface area (Å²) in [6.45, 7) is 7.15. The van der Waals surface area contributed by atoms with Crippen molar-refractivity contribution < 1.29 is 43.9 Å². The molecule has 0 aliphatic carbocycles. The van der Waals surface area contributed by atoms with E-state index in [-0.39, 0.29) is 16.7 Å². The highest BCUT2D eigenvalue weighted by atomic mass is 16.5. The number of aromatic carboxylic acids is 3. The maximum Gasteiger partial charge on any atom is 0.339 e. The van der Waals surface area contributed by atoms with Crippen molar-refractivity contribution >= 4 is 17.9 Å². The van der Waals surface area contributed by atoms with Gasteiger partial charge in [-0.2, -0.15) is 0 Å². The molecule has 0 saturated carbocycles. The third-order valence-corrected chi connectivity index (χ3v) is 7.55. The quantitative estimate of drug-likeness (QED) is 0.229. The van der Waals surface area contributed by atoms with Gasteiger partial charge in [0.1, 0.15) is 53.8 Å². The van der Waals surface area contributed by atoms with E-state index < -0.39 is 17.9 Å². The second-order valence-corrected chi connectivity index (χ2v) is 10.5. The minimum atomic E-state index is -1.04. The summed E-state index contributed by atoms with van der Waals surface area (Å²) in [5, 5.41) is 28.4. The molecule has 0 atom stereocenters. The summed E-state index contributed by atoms with van der Waals surface area (Å²) in [5.41, 5.74) is 0.356. The minimum Gasteiger partial charge on any atom is -0.491 e. The third-order valence-electron chi connectivity index (χ3n) is 7.55. The number of hydrogen-bond acceptors (Lipinski definition) is 9. The molecule has 12 nitrogen and oxygen atoms in total. The molecule has 1 fully saturated rings. The molecule has 0 aromatic heterocycles. The van der Waals surface area contributed by atoms with Gasteiger partial charge in [0.05, 0.1) is 0 Å². The average Bonchev–Trinajstić information content (AvgIpc) is 3.12. The van der Waals surface area contributed by atoms with Gasteiger partial charge in [0.2, 0.25) is 0 Å². The lowest BCUT2D eigenvalue weighted by Gasteiger charge is -2.26. The van der Waals surface area contributed by atoms with Gasteiger partial charge >= 0.3 is 17.9 Å². The van der Waals surface area contributed by atoms with E-state index in [4.69, 9.17) is 14.2 Å². The summed E-state index contributed by atoms with van der Waals surface area (Å²) in [6, 6.07) is 19.7. The van der Waals surface area contributed by atoms with Gasteiger partial charge in [0, 0.05) is 58.9 Å². The van der Waals surface area contributed by atoms with E-state index in [2.05, 4.69) is 14.7 Å². The first-order valence-corrected chi connectivity index (χ1v) is 14.8. The monoisotopic (exact) mass is 621 g/mol. The summed E-state index contributed by atoms with van der Waals surface area (Å²) in [4.78, 5) is 41.5. The number of hydrogen-bond donors (Lipinski definition) is 3. The first-order valence-electron chi connectivity index (χ1n) is 14.8. The van der Waals surface area contributed by atoms with Crippen LogP contribution in [0.15, 0.2) is 72.8 Å². The maximum absolute atomic E-state index is 11.6. The van der Waals surface area contributed by atoms with Crippen LogP contribution in [0.2, 0.25) is 0 Å². The zero-order chi connectivity index (χ0) is 32.0. The van der Waals surface area contributed by atoms with Crippen molar-refractivity contribution in [2.24, 2.45) is 0 Å². The predicted octanol–water partition coefficient (Wildman–Crippen LogP) is 3.24. The number of carboxylic acids is 3. The van der Waals surface area contributed by atoms with Crippen LogP contribution in [-0.4, -0.2) is 127 Å². The molecule has 0 radical (unpaired) electrons. The fraction of sp³-hybridized carbons (Fsp3) is 0.364. The van der Waals surface area contributed by atoms with Crippen molar-refractivity contribution in [3.8, 4) is 17.2 Å². The fourth-order valence-electron chi connectivity index (χ4n) is 5.02. The van der Waals surface area contributed by atoms with E-state index in [0.717, 1.165) is 39.3 Å². The summed E-state index contributed by atoms with van der Waals surface area (Å²) in [5.74, 6) is -2.14. The molecule has 240 valence electrons. The Kier molecular flexibility index (Phi) is 12.6. The Balaban J connectivity index is 1.37. The summed E-state index contributed by atoms with van der Waals surface area (Å²) in [7, 11) is 0. The first-order chi connectivity index (χ1) is 21.8. The lowest BCUT2D eigenvalue weighted by molar-refractivity contribution is 0.0679. The second kappa shape index (κ2) is 17.0. The van der Waals surface area contributed by atoms with Gasteiger partial charge in [0.25, 0.3) is 0 Å². The third kappa shape index (κ3) is 10.2. The zero-order valence-electron chi connectivity index (χ0n) is 25.0. The Morgan fingerprint density at radius 3 is 0.956 bits per heavy atom. The average molecular weight is 622 g/mol. The largest absolute Gasteiger partial charge is 0.491 e. The van der Waals surface area contributed by atoms with E-state index in [1.165, 1.54) is 18.2 Å². The summed E-state index contributed by atoms with van der Waals surface area (Å²) < 4.78 is 17.6. The van der Waals surface area contributed by atoms with Crippen molar-refractivity contribution in [3.63, 3.8) is 0 Å². The number of benzene rings is 3. The van der Waals surface area contributed by atoms with Crippen LogP contribution < -0.4 is 14.2 Å². The van der Waals surface area contributed by atoms with Crippen LogP contribution in [-0.2, 0) is 0 Å². The Bertz CT molecular complexity index is 1250. The molecule has 3 aromatic rings. The normalized spacial score (nSPS) is 14.9. The van der Waals surface area contributed by atoms with Gasteiger partial charge in [-0.15, -0.1) is 0 Å². The van der Waals surface area contributed by atoms with Crippen LogP contribution in [0.5, 0.6) is 17.2 Å². The number of carbonyl (C=O) groups is 3. The van der Waals surface area contributed by atoms with Gasteiger partial charge < -0.3 is 29.5 Å². The molecule has 1 heterocycles. The zero-order valence-corrected chi connectivity index (χ0v) is 25.0. The molecule has 4 rings (SSSR count). The van der Waals surface area contributed by atoms with Crippen LogP contribution in [0.4, 0.5) is 0 Å². The van der Waals surface area contributed by atoms with E-state index in [9.17, 15) is 29.7 Å². The smallest absolute Gasteiger partial charge is 0.339 e. The molecular weight excluding hydrogens is 582 g/mol. The second-order valence-electron chi connectivity index (χ2n) is 10.5. The molecule has 1 aliphatic heterocycles. The van der Waals surface area contributed by atoms with Crippen molar-refractivity contribution in [1.29, 1.82) is 0 Å². The Morgan fingerprint density at radius 1 is 0.467 bits per heavy atom. The van der Waals surface area contributed by atoms with Crippen molar-refractivity contribution in [2.45, 2.75) is 0 Å². The SMILES string of the molecule is O=C(O)c1ccccc1OCCN1CCN(CCOc2ccccc2C(=O)O)CCN(CCOc2ccccc2C(=O)O)CC1. The van der Waals surface area contributed by atoms with E-state index in [1.54, 1.807) is 54.6 Å². The Labute approximate surface area is 262 Å². The maximum atomic E-state index is 11.6. The molecule has 12 heteroatoms. The van der Waals surface area contributed by atoms with Crippen LogP contribution >= 0.6 is 0 Å². The van der Waals surface area contributed by atoms with Crippen LogP contribution in [0, 0.1) is 0 Å². The van der Waals surface area contributed by atoms with Gasteiger partial charge in [-0.1, -0.05) is 36.4 Å². The summed E-state index contributed by atoms with van der Waals surface area (Å²) in [6.07, 6.45) is 0. The fourth-order valence-corrected chi connectivity index (χ4v) is 5.02. The molecule has 1 saturated heterocycles. The molecule has 3 N–H and O–H groups in total. The Morgan fingerprint density at radius 2 is 0.711 bits per heavy atom. The lowest BCUT2D eigenvalue weighted by Crippen LogP contribution is -2.39. The highest BCUT2D eigenvalue weighted by molar-refractivity contribution is 5.91. The number of rotatable bonds is 15. The van der Waals surface area contributed by atoms with Gasteiger partial charge in [-0.05, 0) is 36.4 Å². The van der Waals surface area contributed by atoms with E-state index in [1.807, 2.05) is 0 Å². The highest BCUT2D eigenvalue weighted by Gasteiger charge is 2.19. The first kappa shape index (κ1) is 33.2. The highest BCUT2D eigenvalue weighted by Crippen LogP contribution is 2.20. The Hall–Kier alpha value is -4.65. The number of ether oxygens (including phenoxy) is 3. The van der Waals surface area contributed by atoms with Crippen molar-refractivity contribution in [3.05, 3.63) is 89.5 Å². The van der Waals surface area contributed by atoms with Crippen LogP contribution in [0.1, 0.15) is 31.1 Å². The van der Waals surface area contributed by atoms with Gasteiger partial charge in [0.15, 0.2) is 0 Å². The minimum absolute atomic E-state index is 0.119. The molecule has 0 amide bonds. The number of para-hydroxylation sites is 3. The summed E-state index contributed by atoms with van der Waals surface area (Å²) >= 11 is 0.